The molecule has 0 amide bonds. The topological polar surface area (TPSA) is 99.8 Å². The highest BCUT2D eigenvalue weighted by Crippen LogP contribution is 2.30. The first-order valence-electron chi connectivity index (χ1n) is 6.29. The lowest BCUT2D eigenvalue weighted by Gasteiger charge is -2.08. The third kappa shape index (κ3) is 2.37. The summed E-state index contributed by atoms with van der Waals surface area (Å²) in [7, 11) is 0. The molecule has 3 rings (SSSR count). The van der Waals surface area contributed by atoms with Crippen molar-refractivity contribution in [2.75, 3.05) is 5.32 Å². The minimum atomic E-state index is -1.02. The number of aromatic hydroxyl groups is 1. The number of aromatic nitrogens is 3. The summed E-state index contributed by atoms with van der Waals surface area (Å²) in [6.45, 7) is 1.70. The molecule has 0 unspecified atom stereocenters. The number of carbonyl (C=O) groups is 1. The number of phenols is 1. The van der Waals surface area contributed by atoms with Gasteiger partial charge in [-0.3, -0.25) is 0 Å². The zero-order valence-electron chi connectivity index (χ0n) is 11.4. The number of aromatic carboxylic acids is 1. The smallest absolute Gasteiger partial charge is 0.337 e. The maximum Gasteiger partial charge on any atom is 0.337 e. The Kier molecular flexibility index (Phi) is 3.45. The summed E-state index contributed by atoms with van der Waals surface area (Å²) in [5.41, 5.74) is 1.93. The fourth-order valence-corrected chi connectivity index (χ4v) is 2.44. The summed E-state index contributed by atoms with van der Waals surface area (Å²) >= 11 is 3.21. The number of carboxylic acid groups (broad SMARTS) is 1. The first-order valence-corrected chi connectivity index (χ1v) is 7.08. The Morgan fingerprint density at radius 2 is 2.18 bits per heavy atom. The number of anilines is 2. The summed E-state index contributed by atoms with van der Waals surface area (Å²) < 4.78 is 2.05. The van der Waals surface area contributed by atoms with Crippen LogP contribution in [0.1, 0.15) is 15.9 Å². The molecule has 3 aromatic rings. The van der Waals surface area contributed by atoms with Crippen LogP contribution in [0.4, 0.5) is 11.5 Å². The molecule has 0 atom stereocenters. The van der Waals surface area contributed by atoms with Crippen molar-refractivity contribution < 1.29 is 15.0 Å². The Morgan fingerprint density at radius 1 is 1.41 bits per heavy atom. The number of nitrogens with one attached hydrogen (secondary N) is 1. The number of hydrogen-bond acceptors (Lipinski definition) is 5. The monoisotopic (exact) mass is 362 g/mol. The van der Waals surface area contributed by atoms with Gasteiger partial charge in [-0.1, -0.05) is 0 Å². The van der Waals surface area contributed by atoms with E-state index in [1.54, 1.807) is 25.1 Å². The third-order valence-electron chi connectivity index (χ3n) is 3.27. The van der Waals surface area contributed by atoms with Gasteiger partial charge in [0.1, 0.15) is 17.6 Å². The molecule has 7 nitrogen and oxygen atoms in total. The first-order chi connectivity index (χ1) is 10.5. The average Bonchev–Trinajstić information content (AvgIpc) is 2.81. The summed E-state index contributed by atoms with van der Waals surface area (Å²) in [5, 5.41) is 26.0. The van der Waals surface area contributed by atoms with Crippen molar-refractivity contribution in [2.45, 2.75) is 6.92 Å². The van der Waals surface area contributed by atoms with Crippen LogP contribution in [0, 0.1) is 6.92 Å². The Morgan fingerprint density at radius 3 is 2.86 bits per heavy atom. The van der Waals surface area contributed by atoms with Gasteiger partial charge < -0.3 is 15.5 Å². The van der Waals surface area contributed by atoms with Gasteiger partial charge in [-0.2, -0.15) is 5.10 Å². The second kappa shape index (κ2) is 5.30. The van der Waals surface area contributed by atoms with Gasteiger partial charge in [0, 0.05) is 18.0 Å². The van der Waals surface area contributed by atoms with E-state index < -0.39 is 5.97 Å². The van der Waals surface area contributed by atoms with E-state index in [2.05, 4.69) is 31.3 Å². The van der Waals surface area contributed by atoms with Crippen LogP contribution in [0.25, 0.3) is 5.52 Å². The van der Waals surface area contributed by atoms with E-state index >= 15 is 0 Å². The molecule has 0 spiro atoms. The molecule has 2 heterocycles. The van der Waals surface area contributed by atoms with Gasteiger partial charge in [-0.25, -0.2) is 14.3 Å². The molecule has 2 aromatic heterocycles. The van der Waals surface area contributed by atoms with Crippen LogP contribution in [0.15, 0.2) is 35.2 Å². The van der Waals surface area contributed by atoms with E-state index in [-0.39, 0.29) is 11.3 Å². The van der Waals surface area contributed by atoms with Gasteiger partial charge in [0.05, 0.1) is 10.0 Å². The van der Waals surface area contributed by atoms with E-state index in [4.69, 9.17) is 0 Å². The van der Waals surface area contributed by atoms with Crippen LogP contribution in [0.3, 0.4) is 0 Å². The SMILES string of the molecule is Cc1c(C(=O)O)cn2ncnc(Nc3ccc(Br)c(O)c3)c12. The van der Waals surface area contributed by atoms with E-state index in [1.165, 1.54) is 17.0 Å². The number of halogens is 1. The Bertz CT molecular complexity index is 891. The minimum Gasteiger partial charge on any atom is -0.507 e. The lowest BCUT2D eigenvalue weighted by molar-refractivity contribution is 0.0696. The highest BCUT2D eigenvalue weighted by molar-refractivity contribution is 9.10. The number of phenolic OH excluding ortho intramolecular Hbond substituents is 1. The van der Waals surface area contributed by atoms with Gasteiger partial charge in [0.15, 0.2) is 5.82 Å². The molecule has 3 N–H and O–H groups in total. The highest BCUT2D eigenvalue weighted by atomic mass is 79.9. The lowest BCUT2D eigenvalue weighted by atomic mass is 10.2. The fourth-order valence-electron chi connectivity index (χ4n) is 2.19. The number of hydrogen-bond donors (Lipinski definition) is 3. The zero-order chi connectivity index (χ0) is 15.9. The van der Waals surface area contributed by atoms with E-state index in [0.717, 1.165) is 0 Å². The van der Waals surface area contributed by atoms with Gasteiger partial charge in [-0.15, -0.1) is 0 Å². The number of aryl methyl sites for hydroxylation is 1. The van der Waals surface area contributed by atoms with E-state index in [0.29, 0.717) is 27.1 Å². The molecule has 0 fully saturated rings. The van der Waals surface area contributed by atoms with Gasteiger partial charge >= 0.3 is 5.97 Å². The Labute approximate surface area is 133 Å². The molecule has 0 radical (unpaired) electrons. The largest absolute Gasteiger partial charge is 0.507 e. The average molecular weight is 363 g/mol. The van der Waals surface area contributed by atoms with Crippen molar-refractivity contribution in [1.82, 2.24) is 14.6 Å². The number of nitrogens with zero attached hydrogens (tertiary/aromatic N) is 3. The van der Waals surface area contributed by atoms with Crippen LogP contribution >= 0.6 is 15.9 Å². The van der Waals surface area contributed by atoms with Crippen molar-refractivity contribution in [2.24, 2.45) is 0 Å². The lowest BCUT2D eigenvalue weighted by Crippen LogP contribution is -2.00. The van der Waals surface area contributed by atoms with Crippen LogP contribution in [0.2, 0.25) is 0 Å². The molecule has 0 saturated carbocycles. The van der Waals surface area contributed by atoms with Crippen LogP contribution in [-0.2, 0) is 0 Å². The van der Waals surface area contributed by atoms with Crippen LogP contribution < -0.4 is 5.32 Å². The number of benzene rings is 1. The predicted molar refractivity (Wildman–Crippen MR) is 83.8 cm³/mol. The number of carboxylic acids is 1. The first kappa shape index (κ1) is 14.3. The predicted octanol–water partition coefficient (Wildman–Crippen LogP) is 2.95. The number of rotatable bonds is 3. The van der Waals surface area contributed by atoms with E-state index in [1.807, 2.05) is 0 Å². The van der Waals surface area contributed by atoms with Crippen LogP contribution in [-0.4, -0.2) is 30.8 Å². The summed E-state index contributed by atoms with van der Waals surface area (Å²) in [6, 6.07) is 5.00. The second-order valence-corrected chi connectivity index (χ2v) is 5.52. The molecular weight excluding hydrogens is 352 g/mol. The van der Waals surface area contributed by atoms with Crippen molar-refractivity contribution in [3.8, 4) is 5.75 Å². The quantitative estimate of drug-likeness (QED) is 0.662. The summed E-state index contributed by atoms with van der Waals surface area (Å²) in [6.07, 6.45) is 2.78. The molecule has 1 aromatic carbocycles. The van der Waals surface area contributed by atoms with Crippen molar-refractivity contribution in [3.63, 3.8) is 0 Å². The number of fused-ring (bicyclic) bond motifs is 1. The standard InChI is InChI=1S/C14H11BrN4O3/c1-7-9(14(21)22)5-19-12(7)13(16-6-17-19)18-8-2-3-10(15)11(20)4-8/h2-6,20H,1H3,(H,21,22)(H,16,17,18). The fraction of sp³-hybridized carbons (Fsp3) is 0.0714. The Hall–Kier alpha value is -2.61. The van der Waals surface area contributed by atoms with Crippen molar-refractivity contribution >= 4 is 38.9 Å². The van der Waals surface area contributed by atoms with E-state index in [9.17, 15) is 15.0 Å². The zero-order valence-corrected chi connectivity index (χ0v) is 13.0. The molecule has 0 aliphatic heterocycles. The van der Waals surface area contributed by atoms with Crippen molar-refractivity contribution in [3.05, 3.63) is 46.3 Å². The maximum atomic E-state index is 11.2. The van der Waals surface area contributed by atoms with Gasteiger partial charge in [-0.05, 0) is 40.5 Å². The normalized spacial score (nSPS) is 10.8. The highest BCUT2D eigenvalue weighted by Gasteiger charge is 2.17. The molecule has 112 valence electrons. The van der Waals surface area contributed by atoms with Gasteiger partial charge in [0.2, 0.25) is 0 Å². The van der Waals surface area contributed by atoms with Gasteiger partial charge in [0.25, 0.3) is 0 Å². The molecule has 0 aliphatic carbocycles. The Balaban J connectivity index is 2.10. The second-order valence-electron chi connectivity index (χ2n) is 4.67. The molecule has 0 aliphatic rings. The van der Waals surface area contributed by atoms with Crippen molar-refractivity contribution in [1.29, 1.82) is 0 Å². The maximum absolute atomic E-state index is 11.2. The third-order valence-corrected chi connectivity index (χ3v) is 3.94. The summed E-state index contributed by atoms with van der Waals surface area (Å²) in [5.74, 6) is -0.467. The molecule has 0 saturated heterocycles. The molecule has 0 bridgehead atoms. The molecule has 22 heavy (non-hydrogen) atoms. The summed E-state index contributed by atoms with van der Waals surface area (Å²) in [4.78, 5) is 15.4. The van der Waals surface area contributed by atoms with Crippen LogP contribution in [0.5, 0.6) is 5.75 Å². The molecular formula is C14H11BrN4O3. The molecule has 8 heteroatoms. The minimum absolute atomic E-state index is 0.0911.